The first kappa shape index (κ1) is 28.6. The third-order valence-corrected chi connectivity index (χ3v) is 8.57. The number of aryl methyl sites for hydroxylation is 1. The lowest BCUT2D eigenvalue weighted by molar-refractivity contribution is -0.154. The first-order valence-corrected chi connectivity index (χ1v) is 13.5. The second-order valence-corrected chi connectivity index (χ2v) is 12.1. The van der Waals surface area contributed by atoms with Crippen LogP contribution in [0.3, 0.4) is 0 Å². The molecule has 1 aromatic heterocycles. The molecule has 3 rings (SSSR count). The molecule has 0 amide bonds. The van der Waals surface area contributed by atoms with Crippen LogP contribution < -0.4 is 0 Å². The first-order chi connectivity index (χ1) is 16.8. The molecule has 2 fully saturated rings. The van der Waals surface area contributed by atoms with Crippen LogP contribution in [0.2, 0.25) is 0 Å². The van der Waals surface area contributed by atoms with Crippen LogP contribution in [-0.4, -0.2) is 63.8 Å². The van der Waals surface area contributed by atoms with E-state index in [1.54, 1.807) is 26.8 Å². The molecule has 0 aliphatic carbocycles. The minimum atomic E-state index is -1.27. The standard InChI is InChI=1S/C27H39NO7S/c1-14-8-7-9-19-21(34-19)11-20(15(2)10-18-22(13-29)36-17(4)28-18)35-24(31)12-23(30)27(5,6)26(33)16(3)25(14)32/h10,13-14,16,19-21,23,25,30,32H,7-9,11-12H2,1-6H3/b15-10+/t14-,16+,19+,20-,21-,23-,25?/m0/s1. The topological polar surface area (TPSA) is 126 Å². The summed E-state index contributed by atoms with van der Waals surface area (Å²) in [4.78, 5) is 42.5. The van der Waals surface area contributed by atoms with E-state index in [1.165, 1.54) is 11.3 Å². The van der Waals surface area contributed by atoms with E-state index in [9.17, 15) is 24.6 Å². The van der Waals surface area contributed by atoms with Crippen LogP contribution in [-0.2, 0) is 19.1 Å². The van der Waals surface area contributed by atoms with Crippen molar-refractivity contribution in [1.82, 2.24) is 4.98 Å². The van der Waals surface area contributed by atoms with Crippen molar-refractivity contribution in [3.8, 4) is 0 Å². The van der Waals surface area contributed by atoms with E-state index in [0.29, 0.717) is 17.0 Å². The molecule has 1 unspecified atom stereocenters. The van der Waals surface area contributed by atoms with Crippen molar-refractivity contribution in [2.24, 2.45) is 17.3 Å². The molecular weight excluding hydrogens is 482 g/mol. The molecule has 1 aromatic rings. The molecule has 0 spiro atoms. The van der Waals surface area contributed by atoms with Crippen LogP contribution in [0.5, 0.6) is 0 Å². The Labute approximate surface area is 217 Å². The highest BCUT2D eigenvalue weighted by Gasteiger charge is 2.44. The fraction of sp³-hybridized carbons (Fsp3) is 0.704. The van der Waals surface area contributed by atoms with E-state index in [2.05, 4.69) is 4.98 Å². The number of rotatable bonds is 3. The second-order valence-electron chi connectivity index (χ2n) is 10.9. The van der Waals surface area contributed by atoms with Crippen LogP contribution in [0.15, 0.2) is 5.57 Å². The van der Waals surface area contributed by atoms with E-state index in [-0.39, 0.29) is 30.3 Å². The minimum absolute atomic E-state index is 0.0480. The Kier molecular flexibility index (Phi) is 9.25. The van der Waals surface area contributed by atoms with Gasteiger partial charge in [0.15, 0.2) is 6.29 Å². The number of fused-ring (bicyclic) bond motifs is 1. The van der Waals surface area contributed by atoms with Gasteiger partial charge in [-0.15, -0.1) is 11.3 Å². The lowest BCUT2D eigenvalue weighted by Crippen LogP contribution is -2.45. The van der Waals surface area contributed by atoms with Gasteiger partial charge in [0.05, 0.1) is 51.8 Å². The average Bonchev–Trinajstić information content (AvgIpc) is 3.46. The Morgan fingerprint density at radius 3 is 2.53 bits per heavy atom. The summed E-state index contributed by atoms with van der Waals surface area (Å²) in [6, 6.07) is 0. The molecule has 0 bridgehead atoms. The van der Waals surface area contributed by atoms with Gasteiger partial charge in [0.1, 0.15) is 11.9 Å². The van der Waals surface area contributed by atoms with Gasteiger partial charge >= 0.3 is 5.97 Å². The van der Waals surface area contributed by atoms with Gasteiger partial charge in [-0.3, -0.25) is 14.4 Å². The molecule has 2 aliphatic rings. The molecule has 2 saturated heterocycles. The molecule has 3 heterocycles. The number of hydrogen-bond donors (Lipinski definition) is 2. The van der Waals surface area contributed by atoms with Gasteiger partial charge in [0, 0.05) is 12.3 Å². The number of aldehydes is 1. The molecule has 0 radical (unpaired) electrons. The summed E-state index contributed by atoms with van der Waals surface area (Å²) in [5.41, 5.74) is 0.0233. The number of thiazole rings is 1. The Morgan fingerprint density at radius 1 is 1.17 bits per heavy atom. The maximum atomic E-state index is 13.2. The van der Waals surface area contributed by atoms with Crippen LogP contribution in [0.4, 0.5) is 0 Å². The summed E-state index contributed by atoms with van der Waals surface area (Å²) in [5, 5.41) is 22.4. The first-order valence-electron chi connectivity index (χ1n) is 12.7. The smallest absolute Gasteiger partial charge is 0.309 e. The zero-order chi connectivity index (χ0) is 26.8. The number of aliphatic hydroxyl groups is 2. The maximum Gasteiger partial charge on any atom is 0.309 e. The number of aliphatic hydroxyl groups excluding tert-OH is 2. The second kappa shape index (κ2) is 11.6. The van der Waals surface area contributed by atoms with Crippen molar-refractivity contribution in [3.05, 3.63) is 21.2 Å². The highest BCUT2D eigenvalue weighted by molar-refractivity contribution is 7.13. The number of ketones is 1. The molecule has 36 heavy (non-hydrogen) atoms. The lowest BCUT2D eigenvalue weighted by Gasteiger charge is -2.34. The van der Waals surface area contributed by atoms with Crippen molar-refractivity contribution in [3.63, 3.8) is 0 Å². The molecule has 2 N–H and O–H groups in total. The fourth-order valence-electron chi connectivity index (χ4n) is 4.96. The number of carbonyl (C=O) groups is 3. The SMILES string of the molecule is C/C(=C\c1nc(C)sc1C=O)[C@@H]1C[C@@H]2O[C@@H]2CCC[C@H](C)C(O)[C@@H](C)C(=O)C(C)(C)[C@@H](O)CC(=O)O1. The van der Waals surface area contributed by atoms with Crippen LogP contribution >= 0.6 is 11.3 Å². The highest BCUT2D eigenvalue weighted by Crippen LogP contribution is 2.36. The number of esters is 1. The molecular formula is C27H39NO7S. The van der Waals surface area contributed by atoms with Crippen LogP contribution in [0.1, 0.15) is 87.1 Å². The Morgan fingerprint density at radius 2 is 1.86 bits per heavy atom. The summed E-state index contributed by atoms with van der Waals surface area (Å²) >= 11 is 1.30. The van der Waals surface area contributed by atoms with E-state index in [0.717, 1.165) is 36.1 Å². The van der Waals surface area contributed by atoms with Crippen molar-refractivity contribution < 1.29 is 34.1 Å². The Hall–Kier alpha value is -1.94. The van der Waals surface area contributed by atoms with E-state index < -0.39 is 35.6 Å². The summed E-state index contributed by atoms with van der Waals surface area (Å²) in [6.07, 6.45) is 2.29. The molecule has 7 atom stereocenters. The van der Waals surface area contributed by atoms with Crippen LogP contribution in [0.25, 0.3) is 6.08 Å². The predicted molar refractivity (Wildman–Crippen MR) is 137 cm³/mol. The lowest BCUT2D eigenvalue weighted by atomic mass is 9.73. The van der Waals surface area contributed by atoms with Crippen molar-refractivity contribution >= 4 is 35.5 Å². The normalized spacial score (nSPS) is 34.6. The molecule has 0 aromatic carbocycles. The average molecular weight is 522 g/mol. The van der Waals surface area contributed by atoms with Gasteiger partial charge in [-0.25, -0.2) is 4.98 Å². The van der Waals surface area contributed by atoms with Gasteiger partial charge in [-0.05, 0) is 44.3 Å². The zero-order valence-corrected chi connectivity index (χ0v) is 22.8. The van der Waals surface area contributed by atoms with Gasteiger partial charge < -0.3 is 19.7 Å². The number of aromatic nitrogens is 1. The summed E-state index contributed by atoms with van der Waals surface area (Å²) in [7, 11) is 0. The highest BCUT2D eigenvalue weighted by atomic mass is 32.1. The van der Waals surface area contributed by atoms with Crippen molar-refractivity contribution in [2.75, 3.05) is 0 Å². The Bertz CT molecular complexity index is 1000. The molecule has 200 valence electrons. The third kappa shape index (κ3) is 6.68. The zero-order valence-electron chi connectivity index (χ0n) is 22.0. The molecule has 8 nitrogen and oxygen atoms in total. The van der Waals surface area contributed by atoms with Gasteiger partial charge in [0.25, 0.3) is 0 Å². The van der Waals surface area contributed by atoms with E-state index in [4.69, 9.17) is 9.47 Å². The number of cyclic esters (lactones) is 1. The fourth-order valence-corrected chi connectivity index (χ4v) is 5.68. The summed E-state index contributed by atoms with van der Waals surface area (Å²) in [5.74, 6) is -1.67. The predicted octanol–water partition coefficient (Wildman–Crippen LogP) is 3.90. The van der Waals surface area contributed by atoms with E-state index >= 15 is 0 Å². The van der Waals surface area contributed by atoms with E-state index in [1.807, 2.05) is 20.8 Å². The van der Waals surface area contributed by atoms with Gasteiger partial charge in [-0.2, -0.15) is 0 Å². The largest absolute Gasteiger partial charge is 0.458 e. The maximum absolute atomic E-state index is 13.2. The number of carbonyl (C=O) groups excluding carboxylic acids is 3. The van der Waals surface area contributed by atoms with Crippen molar-refractivity contribution in [2.45, 2.75) is 104 Å². The molecule has 0 saturated carbocycles. The quantitative estimate of drug-likeness (QED) is 0.348. The third-order valence-electron chi connectivity index (χ3n) is 7.66. The van der Waals surface area contributed by atoms with Gasteiger partial charge in [0.2, 0.25) is 0 Å². The molecule has 9 heteroatoms. The number of hydrogen-bond acceptors (Lipinski definition) is 9. The minimum Gasteiger partial charge on any atom is -0.458 e. The summed E-state index contributed by atoms with van der Waals surface area (Å²) < 4.78 is 11.7. The monoisotopic (exact) mass is 521 g/mol. The van der Waals surface area contributed by atoms with Gasteiger partial charge in [-0.1, -0.05) is 34.1 Å². The number of ether oxygens (including phenoxy) is 2. The Balaban J connectivity index is 1.85. The van der Waals surface area contributed by atoms with Crippen molar-refractivity contribution in [1.29, 1.82) is 0 Å². The van der Waals surface area contributed by atoms with Crippen LogP contribution in [0, 0.1) is 24.2 Å². The number of epoxide rings is 1. The molecule has 2 aliphatic heterocycles. The summed E-state index contributed by atoms with van der Waals surface area (Å²) in [6.45, 7) is 10.5. The number of Topliss-reactive ketones (excluding diaryl/α,β-unsaturated/α-hetero) is 1. The number of nitrogens with zero attached hydrogens (tertiary/aromatic N) is 1.